The first-order valence-corrected chi connectivity index (χ1v) is 9.66. The van der Waals surface area contributed by atoms with E-state index in [4.69, 9.17) is 10.2 Å². The molecule has 144 valence electrons. The molecular weight excluding hydrogens is 306 g/mol. The SMILES string of the molecule is CCCC[N+](CCCC)(CCCC)CCCC.O=C(O)CC(=O)O. The summed E-state index contributed by atoms with van der Waals surface area (Å²) in [7, 11) is 0. The van der Waals surface area contributed by atoms with Crippen molar-refractivity contribution in [1.29, 1.82) is 0 Å². The molecule has 0 aliphatic rings. The van der Waals surface area contributed by atoms with E-state index in [1.54, 1.807) is 0 Å². The Hall–Kier alpha value is -1.10. The van der Waals surface area contributed by atoms with Crippen LogP contribution in [-0.2, 0) is 9.59 Å². The lowest BCUT2D eigenvalue weighted by Crippen LogP contribution is -2.50. The minimum Gasteiger partial charge on any atom is -0.481 e. The Balaban J connectivity index is 0. The molecule has 5 heteroatoms. The van der Waals surface area contributed by atoms with Crippen molar-refractivity contribution in [2.24, 2.45) is 0 Å². The van der Waals surface area contributed by atoms with Crippen LogP contribution in [0.5, 0.6) is 0 Å². The molecule has 0 heterocycles. The molecule has 0 fully saturated rings. The number of unbranched alkanes of at least 4 members (excludes halogenated alkanes) is 4. The highest BCUT2D eigenvalue weighted by atomic mass is 16.4. The minimum atomic E-state index is -1.31. The third-order valence-electron chi connectivity index (χ3n) is 4.25. The van der Waals surface area contributed by atoms with Crippen molar-refractivity contribution >= 4 is 11.9 Å². The Labute approximate surface area is 148 Å². The van der Waals surface area contributed by atoms with Crippen molar-refractivity contribution in [2.75, 3.05) is 26.2 Å². The number of quaternary nitrogens is 1. The summed E-state index contributed by atoms with van der Waals surface area (Å²) in [6.07, 6.45) is 10.3. The quantitative estimate of drug-likeness (QED) is 0.357. The maximum atomic E-state index is 9.43. The zero-order valence-electron chi connectivity index (χ0n) is 16.4. The van der Waals surface area contributed by atoms with Crippen LogP contribution in [0, 0.1) is 0 Å². The highest BCUT2D eigenvalue weighted by molar-refractivity contribution is 5.88. The highest BCUT2D eigenvalue weighted by Gasteiger charge is 2.24. The fourth-order valence-corrected chi connectivity index (χ4v) is 2.77. The molecule has 0 aromatic carbocycles. The van der Waals surface area contributed by atoms with Gasteiger partial charge in [0.25, 0.3) is 0 Å². The Morgan fingerprint density at radius 3 is 1.00 bits per heavy atom. The number of hydrogen-bond acceptors (Lipinski definition) is 2. The van der Waals surface area contributed by atoms with E-state index in [9.17, 15) is 9.59 Å². The van der Waals surface area contributed by atoms with E-state index in [0.29, 0.717) is 0 Å². The summed E-state index contributed by atoms with van der Waals surface area (Å²) in [5, 5.41) is 15.4. The second-order valence-corrected chi connectivity index (χ2v) is 6.61. The Morgan fingerprint density at radius 1 is 0.625 bits per heavy atom. The fraction of sp³-hybridized carbons (Fsp3) is 0.895. The molecule has 24 heavy (non-hydrogen) atoms. The monoisotopic (exact) mass is 346 g/mol. The molecule has 0 saturated carbocycles. The van der Waals surface area contributed by atoms with Gasteiger partial charge in [-0.05, 0) is 25.7 Å². The number of nitrogens with zero attached hydrogens (tertiary/aromatic N) is 1. The molecule has 0 aromatic heterocycles. The average Bonchev–Trinajstić information content (AvgIpc) is 2.53. The first-order chi connectivity index (χ1) is 11.4. The summed E-state index contributed by atoms with van der Waals surface area (Å²) >= 11 is 0. The molecule has 0 amide bonds. The van der Waals surface area contributed by atoms with Gasteiger partial charge in [-0.25, -0.2) is 0 Å². The molecule has 0 aliphatic heterocycles. The number of hydrogen-bond donors (Lipinski definition) is 2. The van der Waals surface area contributed by atoms with Crippen molar-refractivity contribution < 1.29 is 24.3 Å². The van der Waals surface area contributed by atoms with Crippen molar-refractivity contribution in [2.45, 2.75) is 85.5 Å². The average molecular weight is 347 g/mol. The smallest absolute Gasteiger partial charge is 0.314 e. The van der Waals surface area contributed by atoms with Crippen molar-refractivity contribution in [3.8, 4) is 0 Å². The molecule has 2 N–H and O–H groups in total. The second-order valence-electron chi connectivity index (χ2n) is 6.61. The first-order valence-electron chi connectivity index (χ1n) is 9.66. The molecule has 0 atom stereocenters. The van der Waals surface area contributed by atoms with Crippen LogP contribution in [0.25, 0.3) is 0 Å². The van der Waals surface area contributed by atoms with Crippen LogP contribution in [-0.4, -0.2) is 52.8 Å². The van der Waals surface area contributed by atoms with Gasteiger partial charge in [-0.1, -0.05) is 53.4 Å². The molecule has 0 saturated heterocycles. The van der Waals surface area contributed by atoms with Crippen LogP contribution in [0.3, 0.4) is 0 Å². The lowest BCUT2D eigenvalue weighted by molar-refractivity contribution is -0.929. The predicted octanol–water partition coefficient (Wildman–Crippen LogP) is 4.55. The maximum Gasteiger partial charge on any atom is 0.314 e. The van der Waals surface area contributed by atoms with Crippen LogP contribution in [0.2, 0.25) is 0 Å². The van der Waals surface area contributed by atoms with Gasteiger partial charge >= 0.3 is 11.9 Å². The fourth-order valence-electron chi connectivity index (χ4n) is 2.77. The molecule has 0 unspecified atom stereocenters. The standard InChI is InChI=1S/C16H36N.C3H4O4/c1-5-9-13-17(14-10-6-2,15-11-7-3)16-12-8-4;4-2(5)1-3(6)7/h5-16H2,1-4H3;1H2,(H,4,5)(H,6,7)/q+1;. The summed E-state index contributed by atoms with van der Waals surface area (Å²) in [5.74, 6) is -2.62. The normalized spacial score (nSPS) is 10.8. The van der Waals surface area contributed by atoms with Gasteiger partial charge in [0.2, 0.25) is 0 Å². The highest BCUT2D eigenvalue weighted by Crippen LogP contribution is 2.16. The number of carboxylic acids is 2. The van der Waals surface area contributed by atoms with E-state index in [-0.39, 0.29) is 0 Å². The molecular formula is C19H40NO4+. The van der Waals surface area contributed by atoms with Gasteiger partial charge in [-0.15, -0.1) is 0 Å². The lowest BCUT2D eigenvalue weighted by atomic mass is 10.1. The van der Waals surface area contributed by atoms with Crippen LogP contribution in [0.15, 0.2) is 0 Å². The predicted molar refractivity (Wildman–Crippen MR) is 99.2 cm³/mol. The largest absolute Gasteiger partial charge is 0.481 e. The van der Waals surface area contributed by atoms with Gasteiger partial charge in [-0.3, -0.25) is 9.59 Å². The number of aliphatic carboxylic acids is 2. The third-order valence-corrected chi connectivity index (χ3v) is 4.25. The molecule has 0 aliphatic carbocycles. The van der Waals surface area contributed by atoms with E-state index in [0.717, 1.165) is 0 Å². The van der Waals surface area contributed by atoms with E-state index in [1.807, 2.05) is 0 Å². The topological polar surface area (TPSA) is 74.6 Å². The van der Waals surface area contributed by atoms with Gasteiger partial charge < -0.3 is 14.7 Å². The summed E-state index contributed by atoms with van der Waals surface area (Å²) in [6.45, 7) is 15.0. The maximum absolute atomic E-state index is 9.43. The first kappa shape index (κ1) is 25.1. The second kappa shape index (κ2) is 16.7. The van der Waals surface area contributed by atoms with E-state index in [1.165, 1.54) is 82.0 Å². The van der Waals surface area contributed by atoms with Crippen LogP contribution < -0.4 is 0 Å². The van der Waals surface area contributed by atoms with E-state index < -0.39 is 18.4 Å². The molecule has 0 rings (SSSR count). The molecule has 0 spiro atoms. The summed E-state index contributed by atoms with van der Waals surface area (Å²) < 4.78 is 1.42. The van der Waals surface area contributed by atoms with Gasteiger partial charge in [0.05, 0.1) is 26.2 Å². The van der Waals surface area contributed by atoms with Crippen LogP contribution >= 0.6 is 0 Å². The summed E-state index contributed by atoms with van der Waals surface area (Å²) in [5.41, 5.74) is 0. The number of carboxylic acid groups (broad SMARTS) is 2. The van der Waals surface area contributed by atoms with Gasteiger partial charge in [0, 0.05) is 0 Å². The molecule has 0 aromatic rings. The Kier molecular flexibility index (Phi) is 17.5. The van der Waals surface area contributed by atoms with Crippen molar-refractivity contribution in [1.82, 2.24) is 0 Å². The molecule has 0 radical (unpaired) electrons. The minimum absolute atomic E-state index is 0.806. The van der Waals surface area contributed by atoms with Crippen LogP contribution in [0.4, 0.5) is 0 Å². The number of carbonyl (C=O) groups is 2. The van der Waals surface area contributed by atoms with E-state index in [2.05, 4.69) is 27.7 Å². The van der Waals surface area contributed by atoms with Gasteiger partial charge in [0.15, 0.2) is 0 Å². The third kappa shape index (κ3) is 15.8. The lowest BCUT2D eigenvalue weighted by Gasteiger charge is -2.39. The van der Waals surface area contributed by atoms with E-state index >= 15 is 0 Å². The summed E-state index contributed by atoms with van der Waals surface area (Å²) in [6, 6.07) is 0. The van der Waals surface area contributed by atoms with Crippen molar-refractivity contribution in [3.05, 3.63) is 0 Å². The summed E-state index contributed by atoms with van der Waals surface area (Å²) in [4.78, 5) is 18.9. The zero-order chi connectivity index (χ0) is 18.8. The van der Waals surface area contributed by atoms with Gasteiger partial charge in [0.1, 0.15) is 6.42 Å². The zero-order valence-corrected chi connectivity index (χ0v) is 16.4. The Bertz CT molecular complexity index is 269. The Morgan fingerprint density at radius 2 is 0.875 bits per heavy atom. The van der Waals surface area contributed by atoms with Gasteiger partial charge in [-0.2, -0.15) is 0 Å². The van der Waals surface area contributed by atoms with Crippen molar-refractivity contribution in [3.63, 3.8) is 0 Å². The molecule has 5 nitrogen and oxygen atoms in total. The van der Waals surface area contributed by atoms with Crippen LogP contribution in [0.1, 0.15) is 85.5 Å². The number of rotatable bonds is 14. The molecule has 0 bridgehead atoms.